The fraction of sp³-hybridized carbons (Fsp3) is 0.111. The molecule has 0 unspecified atom stereocenters. The Kier molecular flexibility index (Phi) is 5.99. The van der Waals surface area contributed by atoms with Gasteiger partial charge in [0.1, 0.15) is 11.5 Å². The van der Waals surface area contributed by atoms with E-state index >= 15 is 0 Å². The molecule has 0 spiro atoms. The molecule has 0 saturated heterocycles. The summed E-state index contributed by atoms with van der Waals surface area (Å²) in [5.41, 5.74) is 3.81. The quantitative estimate of drug-likeness (QED) is 0.382. The number of rotatable bonds is 7. The van der Waals surface area contributed by atoms with Gasteiger partial charge in [-0.3, -0.25) is 19.4 Å². The first-order chi connectivity index (χ1) is 16.7. The van der Waals surface area contributed by atoms with Crippen molar-refractivity contribution in [2.45, 2.75) is 20.0 Å². The summed E-state index contributed by atoms with van der Waals surface area (Å²) < 4.78 is 7.81. The molecule has 34 heavy (non-hydrogen) atoms. The molecular formula is C27H23N5O2. The van der Waals surface area contributed by atoms with Crippen LogP contribution in [-0.2, 0) is 13.1 Å². The van der Waals surface area contributed by atoms with Crippen LogP contribution in [0.5, 0.6) is 11.5 Å². The van der Waals surface area contributed by atoms with Crippen LogP contribution in [0.4, 0.5) is 0 Å². The Morgan fingerprint density at radius 1 is 0.912 bits per heavy atom. The maximum Gasteiger partial charge on any atom is 0.272 e. The van der Waals surface area contributed by atoms with Gasteiger partial charge >= 0.3 is 0 Å². The molecular weight excluding hydrogens is 426 g/mol. The van der Waals surface area contributed by atoms with Crippen LogP contribution >= 0.6 is 0 Å². The Bertz CT molecular complexity index is 1430. The van der Waals surface area contributed by atoms with Gasteiger partial charge in [0.05, 0.1) is 36.2 Å². The predicted molar refractivity (Wildman–Crippen MR) is 130 cm³/mol. The van der Waals surface area contributed by atoms with Gasteiger partial charge in [0.2, 0.25) is 0 Å². The molecule has 0 aliphatic heterocycles. The number of carbonyl (C=O) groups excluding carboxylic acids is 1. The fourth-order valence-electron chi connectivity index (χ4n) is 3.69. The number of nitrogens with zero attached hydrogens (tertiary/aromatic N) is 4. The minimum Gasteiger partial charge on any atom is -0.457 e. The average molecular weight is 450 g/mol. The lowest BCUT2D eigenvalue weighted by atomic mass is 10.2. The second-order valence-corrected chi connectivity index (χ2v) is 7.92. The Morgan fingerprint density at radius 2 is 1.71 bits per heavy atom. The molecule has 5 rings (SSSR count). The lowest BCUT2D eigenvalue weighted by molar-refractivity contribution is 0.0946. The number of para-hydroxylation sites is 2. The molecule has 7 nitrogen and oxygen atoms in total. The second kappa shape index (κ2) is 9.54. The number of nitrogens with one attached hydrogen (secondary N) is 1. The van der Waals surface area contributed by atoms with E-state index in [1.807, 2.05) is 90.5 Å². The van der Waals surface area contributed by atoms with Gasteiger partial charge < -0.3 is 10.1 Å². The molecule has 5 aromatic rings. The molecule has 168 valence electrons. The summed E-state index contributed by atoms with van der Waals surface area (Å²) in [6.45, 7) is 2.66. The van der Waals surface area contributed by atoms with Crippen molar-refractivity contribution < 1.29 is 9.53 Å². The first-order valence-electron chi connectivity index (χ1n) is 11.0. The fourth-order valence-corrected chi connectivity index (χ4v) is 3.69. The molecule has 0 aliphatic carbocycles. The van der Waals surface area contributed by atoms with E-state index in [2.05, 4.69) is 20.4 Å². The highest BCUT2D eigenvalue weighted by Crippen LogP contribution is 2.24. The van der Waals surface area contributed by atoms with Crippen LogP contribution in [0.3, 0.4) is 0 Å². The molecule has 2 heterocycles. The van der Waals surface area contributed by atoms with Crippen molar-refractivity contribution in [3.63, 3.8) is 0 Å². The van der Waals surface area contributed by atoms with Crippen molar-refractivity contribution in [2.75, 3.05) is 0 Å². The molecule has 0 atom stereocenters. The third-order valence-electron chi connectivity index (χ3n) is 5.35. The molecule has 2 aromatic heterocycles. The molecule has 1 N–H and O–H groups in total. The SMILES string of the molecule is Cc1cnc(CNC(=O)c2nn(Cc3cccc(Oc4ccccc4)c3)c3ccccc23)cn1. The lowest BCUT2D eigenvalue weighted by Gasteiger charge is -2.08. The van der Waals surface area contributed by atoms with E-state index in [9.17, 15) is 4.79 Å². The van der Waals surface area contributed by atoms with Crippen LogP contribution in [0, 0.1) is 6.92 Å². The van der Waals surface area contributed by atoms with Crippen LogP contribution < -0.4 is 10.1 Å². The van der Waals surface area contributed by atoms with Gasteiger partial charge in [-0.25, -0.2) is 0 Å². The van der Waals surface area contributed by atoms with Gasteiger partial charge in [0.25, 0.3) is 5.91 Å². The maximum atomic E-state index is 13.0. The Labute approximate surface area is 197 Å². The number of aromatic nitrogens is 4. The van der Waals surface area contributed by atoms with E-state index in [-0.39, 0.29) is 12.5 Å². The smallest absolute Gasteiger partial charge is 0.272 e. The number of hydrogen-bond donors (Lipinski definition) is 1. The average Bonchev–Trinajstić information content (AvgIpc) is 3.23. The van der Waals surface area contributed by atoms with E-state index < -0.39 is 0 Å². The van der Waals surface area contributed by atoms with Crippen LogP contribution in [0.1, 0.15) is 27.4 Å². The summed E-state index contributed by atoms with van der Waals surface area (Å²) in [5, 5.41) is 8.35. The van der Waals surface area contributed by atoms with Crippen molar-refractivity contribution >= 4 is 16.8 Å². The highest BCUT2D eigenvalue weighted by Gasteiger charge is 2.17. The Hall–Kier alpha value is -4.52. The zero-order valence-electron chi connectivity index (χ0n) is 18.7. The summed E-state index contributed by atoms with van der Waals surface area (Å²) in [5.74, 6) is 1.28. The van der Waals surface area contributed by atoms with E-state index in [0.29, 0.717) is 17.9 Å². The highest BCUT2D eigenvalue weighted by molar-refractivity contribution is 6.04. The number of carbonyl (C=O) groups is 1. The summed E-state index contributed by atoms with van der Waals surface area (Å²) in [7, 11) is 0. The molecule has 0 fully saturated rings. The standard InChI is InChI=1S/C27H23N5O2/c1-19-15-29-21(16-28-19)17-30-27(33)26-24-12-5-6-13-25(24)32(31-26)18-20-8-7-11-23(14-20)34-22-9-3-2-4-10-22/h2-16H,17-18H2,1H3,(H,30,33). The first-order valence-corrected chi connectivity index (χ1v) is 11.0. The topological polar surface area (TPSA) is 81.9 Å². The maximum absolute atomic E-state index is 13.0. The summed E-state index contributed by atoms with van der Waals surface area (Å²) in [6, 6.07) is 25.3. The van der Waals surface area contributed by atoms with Crippen LogP contribution in [0.15, 0.2) is 91.3 Å². The van der Waals surface area contributed by atoms with Crippen molar-refractivity contribution in [3.05, 3.63) is 114 Å². The number of fused-ring (bicyclic) bond motifs is 1. The largest absolute Gasteiger partial charge is 0.457 e. The van der Waals surface area contributed by atoms with Crippen LogP contribution in [-0.4, -0.2) is 25.7 Å². The molecule has 0 bridgehead atoms. The number of ether oxygens (including phenoxy) is 1. The number of amides is 1. The van der Waals surface area contributed by atoms with Crippen LogP contribution in [0.25, 0.3) is 10.9 Å². The number of hydrogen-bond acceptors (Lipinski definition) is 5. The van der Waals surface area contributed by atoms with E-state index in [0.717, 1.165) is 33.7 Å². The van der Waals surface area contributed by atoms with Gasteiger partial charge in [0, 0.05) is 11.6 Å². The lowest BCUT2D eigenvalue weighted by Crippen LogP contribution is -2.24. The molecule has 0 aliphatic rings. The zero-order chi connectivity index (χ0) is 23.3. The molecule has 0 radical (unpaired) electrons. The number of aryl methyl sites for hydroxylation is 1. The Morgan fingerprint density at radius 3 is 2.53 bits per heavy atom. The molecule has 7 heteroatoms. The van der Waals surface area contributed by atoms with Gasteiger partial charge in [-0.1, -0.05) is 48.5 Å². The van der Waals surface area contributed by atoms with Gasteiger partial charge in [-0.2, -0.15) is 5.10 Å². The second-order valence-electron chi connectivity index (χ2n) is 7.92. The van der Waals surface area contributed by atoms with Crippen molar-refractivity contribution in [3.8, 4) is 11.5 Å². The van der Waals surface area contributed by atoms with Crippen molar-refractivity contribution in [1.82, 2.24) is 25.1 Å². The predicted octanol–water partition coefficient (Wildman–Crippen LogP) is 4.91. The third kappa shape index (κ3) is 4.78. The summed E-state index contributed by atoms with van der Waals surface area (Å²) in [4.78, 5) is 21.5. The summed E-state index contributed by atoms with van der Waals surface area (Å²) >= 11 is 0. The van der Waals surface area contributed by atoms with Crippen LogP contribution in [0.2, 0.25) is 0 Å². The number of benzene rings is 3. The third-order valence-corrected chi connectivity index (χ3v) is 5.35. The summed E-state index contributed by atoms with van der Waals surface area (Å²) in [6.07, 6.45) is 3.35. The minimum absolute atomic E-state index is 0.251. The zero-order valence-corrected chi connectivity index (χ0v) is 18.7. The monoisotopic (exact) mass is 449 g/mol. The minimum atomic E-state index is -0.251. The van der Waals surface area contributed by atoms with Crippen molar-refractivity contribution in [1.29, 1.82) is 0 Å². The van der Waals surface area contributed by atoms with E-state index in [1.54, 1.807) is 12.4 Å². The van der Waals surface area contributed by atoms with E-state index in [4.69, 9.17) is 4.74 Å². The normalized spacial score (nSPS) is 10.9. The molecule has 0 saturated carbocycles. The molecule has 3 aromatic carbocycles. The Balaban J connectivity index is 1.37. The van der Waals surface area contributed by atoms with Crippen molar-refractivity contribution in [2.24, 2.45) is 0 Å². The van der Waals surface area contributed by atoms with Gasteiger partial charge in [-0.15, -0.1) is 0 Å². The first kappa shape index (κ1) is 21.3. The van der Waals surface area contributed by atoms with Gasteiger partial charge in [0.15, 0.2) is 5.69 Å². The van der Waals surface area contributed by atoms with E-state index in [1.165, 1.54) is 0 Å². The van der Waals surface area contributed by atoms with Gasteiger partial charge in [-0.05, 0) is 42.8 Å². The molecule has 1 amide bonds. The highest BCUT2D eigenvalue weighted by atomic mass is 16.5.